The lowest BCUT2D eigenvalue weighted by atomic mass is 9.97. The number of hydrogen-bond donors (Lipinski definition) is 1. The summed E-state index contributed by atoms with van der Waals surface area (Å²) in [6.45, 7) is 0. The molecule has 1 N–H and O–H groups in total. The van der Waals surface area contributed by atoms with Gasteiger partial charge in [0.25, 0.3) is 5.92 Å². The van der Waals surface area contributed by atoms with Gasteiger partial charge in [0.15, 0.2) is 5.41 Å². The van der Waals surface area contributed by atoms with Crippen molar-refractivity contribution >= 4 is 17.3 Å². The molecular weight excluding hydrogens is 246 g/mol. The smallest absolute Gasteiger partial charge is 0.321 e. The van der Waals surface area contributed by atoms with E-state index in [2.05, 4.69) is 0 Å². The van der Waals surface area contributed by atoms with Crippen LogP contribution in [-0.4, -0.2) is 17.0 Å². The standard InChI is InChI=1S/C12H12F2O2S/c13-12(14)6-11(12,10(15)16)9-5-7-3-1-2-4-8(7)17-9/h5H,1-4,6H2,(H,15,16). The molecule has 1 aromatic heterocycles. The zero-order chi connectivity index (χ0) is 12.3. The maximum Gasteiger partial charge on any atom is 0.321 e. The largest absolute Gasteiger partial charge is 0.480 e. The van der Waals surface area contributed by atoms with E-state index in [0.717, 1.165) is 36.1 Å². The summed E-state index contributed by atoms with van der Waals surface area (Å²) in [4.78, 5) is 12.6. The second-order valence-corrected chi connectivity index (χ2v) is 5.99. The van der Waals surface area contributed by atoms with E-state index in [4.69, 9.17) is 5.11 Å². The highest BCUT2D eigenvalue weighted by Crippen LogP contribution is 2.63. The predicted octanol–water partition coefficient (Wildman–Crippen LogP) is 2.99. The first-order valence-corrected chi connectivity index (χ1v) is 6.52. The molecule has 0 spiro atoms. The fraction of sp³-hybridized carbons (Fsp3) is 0.583. The van der Waals surface area contributed by atoms with Gasteiger partial charge in [0.05, 0.1) is 0 Å². The minimum atomic E-state index is -3.08. The number of fused-ring (bicyclic) bond motifs is 1. The van der Waals surface area contributed by atoms with E-state index in [1.54, 1.807) is 6.07 Å². The number of thiophene rings is 1. The Bertz CT molecular complexity index is 471. The molecule has 92 valence electrons. The summed E-state index contributed by atoms with van der Waals surface area (Å²) in [5, 5.41) is 9.08. The number of hydrogen-bond acceptors (Lipinski definition) is 2. The number of carbonyl (C=O) groups is 1. The van der Waals surface area contributed by atoms with Crippen LogP contribution in [0.4, 0.5) is 8.78 Å². The van der Waals surface area contributed by atoms with Crippen molar-refractivity contribution in [3.63, 3.8) is 0 Å². The van der Waals surface area contributed by atoms with Gasteiger partial charge >= 0.3 is 5.97 Å². The number of aliphatic carboxylic acids is 1. The molecule has 0 radical (unpaired) electrons. The van der Waals surface area contributed by atoms with E-state index in [1.165, 1.54) is 11.3 Å². The van der Waals surface area contributed by atoms with Gasteiger partial charge in [0, 0.05) is 16.2 Å². The lowest BCUT2D eigenvalue weighted by Gasteiger charge is -2.08. The number of halogens is 2. The van der Waals surface area contributed by atoms with Crippen LogP contribution in [0.5, 0.6) is 0 Å². The Morgan fingerprint density at radius 1 is 1.35 bits per heavy atom. The number of alkyl halides is 2. The fourth-order valence-electron chi connectivity index (χ4n) is 2.59. The normalized spacial score (nSPS) is 29.8. The molecule has 0 aromatic carbocycles. The van der Waals surface area contributed by atoms with Crippen LogP contribution >= 0.6 is 11.3 Å². The monoisotopic (exact) mass is 258 g/mol. The van der Waals surface area contributed by atoms with Crippen molar-refractivity contribution in [2.24, 2.45) is 0 Å². The van der Waals surface area contributed by atoms with Crippen molar-refractivity contribution in [1.82, 2.24) is 0 Å². The lowest BCUT2D eigenvalue weighted by Crippen LogP contribution is -2.25. The van der Waals surface area contributed by atoms with E-state index in [0.29, 0.717) is 4.88 Å². The number of rotatable bonds is 2. The zero-order valence-electron chi connectivity index (χ0n) is 9.13. The van der Waals surface area contributed by atoms with Gasteiger partial charge in [-0.3, -0.25) is 4.79 Å². The van der Waals surface area contributed by atoms with Gasteiger partial charge in [-0.15, -0.1) is 11.3 Å². The molecule has 17 heavy (non-hydrogen) atoms. The van der Waals surface area contributed by atoms with Crippen LogP contribution in [0, 0.1) is 0 Å². The number of carboxylic acid groups (broad SMARTS) is 1. The van der Waals surface area contributed by atoms with Crippen LogP contribution < -0.4 is 0 Å². The third kappa shape index (κ3) is 1.38. The topological polar surface area (TPSA) is 37.3 Å². The molecule has 0 amide bonds. The summed E-state index contributed by atoms with van der Waals surface area (Å²) < 4.78 is 26.8. The molecule has 1 aromatic rings. The first-order chi connectivity index (χ1) is 7.97. The van der Waals surface area contributed by atoms with Crippen LogP contribution in [0.15, 0.2) is 6.07 Å². The van der Waals surface area contributed by atoms with Crippen LogP contribution in [-0.2, 0) is 23.1 Å². The molecule has 0 aliphatic heterocycles. The van der Waals surface area contributed by atoms with Crippen molar-refractivity contribution < 1.29 is 18.7 Å². The van der Waals surface area contributed by atoms with E-state index in [-0.39, 0.29) is 0 Å². The third-order valence-corrected chi connectivity index (χ3v) is 5.17. The molecule has 2 nitrogen and oxygen atoms in total. The van der Waals surface area contributed by atoms with E-state index < -0.39 is 23.7 Å². The van der Waals surface area contributed by atoms with Crippen LogP contribution in [0.1, 0.15) is 34.6 Å². The van der Waals surface area contributed by atoms with Crippen LogP contribution in [0.3, 0.4) is 0 Å². The maximum atomic E-state index is 13.4. The molecule has 2 aliphatic carbocycles. The summed E-state index contributed by atoms with van der Waals surface area (Å²) in [5.74, 6) is -4.46. The highest BCUT2D eigenvalue weighted by Gasteiger charge is 2.78. The Morgan fingerprint density at radius 2 is 2.00 bits per heavy atom. The molecule has 0 saturated heterocycles. The van der Waals surface area contributed by atoms with Crippen molar-refractivity contribution in [3.05, 3.63) is 21.4 Å². The quantitative estimate of drug-likeness (QED) is 0.885. The highest BCUT2D eigenvalue weighted by molar-refractivity contribution is 7.12. The van der Waals surface area contributed by atoms with Crippen molar-refractivity contribution in [3.8, 4) is 0 Å². The molecule has 0 bridgehead atoms. The van der Waals surface area contributed by atoms with Gasteiger partial charge in [0.1, 0.15) is 0 Å². The van der Waals surface area contributed by atoms with Gasteiger partial charge in [-0.25, -0.2) is 8.78 Å². The predicted molar refractivity (Wildman–Crippen MR) is 59.8 cm³/mol. The molecular formula is C12H12F2O2S. The summed E-state index contributed by atoms with van der Waals surface area (Å²) in [7, 11) is 0. The highest BCUT2D eigenvalue weighted by atomic mass is 32.1. The molecule has 1 saturated carbocycles. The Morgan fingerprint density at radius 3 is 2.53 bits per heavy atom. The van der Waals surface area contributed by atoms with Gasteiger partial charge in [-0.05, 0) is 37.3 Å². The molecule has 1 atom stereocenters. The number of carboxylic acids is 1. The van der Waals surface area contributed by atoms with Gasteiger partial charge in [0.2, 0.25) is 0 Å². The van der Waals surface area contributed by atoms with E-state index >= 15 is 0 Å². The summed E-state index contributed by atoms with van der Waals surface area (Å²) in [6.07, 6.45) is 3.39. The Labute approximate surface area is 101 Å². The average molecular weight is 258 g/mol. The minimum Gasteiger partial charge on any atom is -0.480 e. The van der Waals surface area contributed by atoms with Crippen LogP contribution in [0.25, 0.3) is 0 Å². The Balaban J connectivity index is 2.04. The maximum absolute atomic E-state index is 13.4. The van der Waals surface area contributed by atoms with Gasteiger partial charge in [-0.2, -0.15) is 0 Å². The molecule has 1 fully saturated rings. The molecule has 2 aliphatic rings. The van der Waals surface area contributed by atoms with E-state index in [1.807, 2.05) is 0 Å². The summed E-state index contributed by atoms with van der Waals surface area (Å²) in [5.41, 5.74) is -0.839. The fourth-order valence-corrected chi connectivity index (χ4v) is 4.08. The minimum absolute atomic E-state index is 0.349. The zero-order valence-corrected chi connectivity index (χ0v) is 9.95. The second kappa shape index (κ2) is 3.28. The first-order valence-electron chi connectivity index (χ1n) is 5.71. The second-order valence-electron chi connectivity index (χ2n) is 4.86. The van der Waals surface area contributed by atoms with Crippen molar-refractivity contribution in [1.29, 1.82) is 0 Å². The van der Waals surface area contributed by atoms with Crippen molar-refractivity contribution in [2.75, 3.05) is 0 Å². The first kappa shape index (κ1) is 11.1. The summed E-state index contributed by atoms with van der Waals surface area (Å²) >= 11 is 1.27. The molecule has 3 rings (SSSR count). The van der Waals surface area contributed by atoms with E-state index in [9.17, 15) is 13.6 Å². The SMILES string of the molecule is O=C(O)C1(c2cc3c(s2)CCCC3)CC1(F)F. The lowest BCUT2D eigenvalue weighted by molar-refractivity contribution is -0.142. The number of aryl methyl sites for hydroxylation is 2. The van der Waals surface area contributed by atoms with Gasteiger partial charge in [-0.1, -0.05) is 0 Å². The Kier molecular flexibility index (Phi) is 2.15. The molecule has 1 unspecified atom stereocenters. The average Bonchev–Trinajstić information content (AvgIpc) is 2.69. The third-order valence-electron chi connectivity index (χ3n) is 3.77. The molecule has 1 heterocycles. The molecule has 5 heteroatoms. The van der Waals surface area contributed by atoms with Crippen molar-refractivity contribution in [2.45, 2.75) is 43.4 Å². The van der Waals surface area contributed by atoms with Crippen LogP contribution in [0.2, 0.25) is 0 Å². The van der Waals surface area contributed by atoms with Gasteiger partial charge < -0.3 is 5.11 Å². The Hall–Kier alpha value is -0.970. The summed E-state index contributed by atoms with van der Waals surface area (Å²) in [6, 6.07) is 1.70.